The van der Waals surface area contributed by atoms with Gasteiger partial charge in [0.05, 0.1) is 25.4 Å². The van der Waals surface area contributed by atoms with E-state index in [-0.39, 0.29) is 18.9 Å². The monoisotopic (exact) mass is 902 g/mol. The average Bonchev–Trinajstić information content (AvgIpc) is 3.24. The van der Waals surface area contributed by atoms with Crippen LogP contribution in [0.5, 0.6) is 0 Å². The van der Waals surface area contributed by atoms with Gasteiger partial charge in [-0.15, -0.1) is 0 Å². The van der Waals surface area contributed by atoms with Gasteiger partial charge in [0.2, 0.25) is 5.91 Å². The third-order valence-corrected chi connectivity index (χ3v) is 12.1. The van der Waals surface area contributed by atoms with E-state index in [1.807, 2.05) is 6.08 Å². The number of aliphatic hydroxyl groups is 4. The molecule has 0 aliphatic carbocycles. The van der Waals surface area contributed by atoms with Gasteiger partial charge in [0.1, 0.15) is 24.4 Å². The Bertz CT molecular complexity index is 1250. The maximum absolute atomic E-state index is 13.1. The Balaban J connectivity index is 2.49. The van der Waals surface area contributed by atoms with Crippen molar-refractivity contribution in [3.8, 4) is 0 Å². The highest BCUT2D eigenvalue weighted by Gasteiger charge is 2.48. The third-order valence-electron chi connectivity index (χ3n) is 11.7. The van der Waals surface area contributed by atoms with Crippen LogP contribution in [-0.2, 0) is 28.9 Å². The summed E-state index contributed by atoms with van der Waals surface area (Å²) in [6, 6.07) is -0.948. The van der Waals surface area contributed by atoms with Gasteiger partial charge in [0, 0.05) is 6.42 Å². The Morgan fingerprint density at radius 3 is 1.56 bits per heavy atom. The molecule has 364 valence electrons. The number of carbonyl (C=O) groups excluding carboxylic acids is 1. The summed E-state index contributed by atoms with van der Waals surface area (Å²) in [6.45, 7) is 3.37. The normalized spacial score (nSPS) is 20.8. The van der Waals surface area contributed by atoms with Gasteiger partial charge < -0.3 is 35.2 Å². The van der Waals surface area contributed by atoms with E-state index in [0.29, 0.717) is 6.42 Å². The van der Waals surface area contributed by atoms with Crippen molar-refractivity contribution in [3.63, 3.8) is 0 Å². The number of amides is 1. The Morgan fingerprint density at radius 1 is 0.645 bits per heavy atom. The number of ether oxygens (including phenoxy) is 2. The molecule has 1 aliphatic rings. The fourth-order valence-corrected chi connectivity index (χ4v) is 8.29. The van der Waals surface area contributed by atoms with Gasteiger partial charge in [-0.05, 0) is 51.4 Å². The highest BCUT2D eigenvalue weighted by atomic mass is 32.3. The molecule has 6 N–H and O–H groups in total. The molecule has 0 aromatic rings. The molecule has 1 heterocycles. The summed E-state index contributed by atoms with van der Waals surface area (Å²) in [5.74, 6) is -0.271. The molecule has 7 unspecified atom stereocenters. The fourth-order valence-electron chi connectivity index (χ4n) is 7.78. The minimum atomic E-state index is -5.09. The molecule has 0 saturated carbocycles. The van der Waals surface area contributed by atoms with E-state index >= 15 is 0 Å². The van der Waals surface area contributed by atoms with E-state index in [4.69, 9.17) is 9.47 Å². The second-order valence-electron chi connectivity index (χ2n) is 17.4. The zero-order valence-corrected chi connectivity index (χ0v) is 39.8. The second kappa shape index (κ2) is 39.7. The molecule has 0 spiro atoms. The molecule has 12 nitrogen and oxygen atoms in total. The Kier molecular flexibility index (Phi) is 37.3. The Morgan fingerprint density at radius 2 is 1.08 bits per heavy atom. The Labute approximate surface area is 377 Å². The van der Waals surface area contributed by atoms with Crippen molar-refractivity contribution in [3.05, 3.63) is 36.5 Å². The Hall–Kier alpha value is -1.68. The van der Waals surface area contributed by atoms with Crippen molar-refractivity contribution in [1.82, 2.24) is 5.32 Å². The lowest BCUT2D eigenvalue weighted by molar-refractivity contribution is -0.298. The van der Waals surface area contributed by atoms with Crippen molar-refractivity contribution in [2.24, 2.45) is 0 Å². The van der Waals surface area contributed by atoms with Gasteiger partial charge in [-0.25, -0.2) is 4.18 Å². The van der Waals surface area contributed by atoms with Crippen molar-refractivity contribution in [1.29, 1.82) is 0 Å². The number of carbonyl (C=O) groups is 1. The quantitative estimate of drug-likeness (QED) is 0.0194. The van der Waals surface area contributed by atoms with Crippen LogP contribution in [0.3, 0.4) is 0 Å². The second-order valence-corrected chi connectivity index (χ2v) is 18.4. The first kappa shape index (κ1) is 58.3. The third kappa shape index (κ3) is 32.1. The summed E-state index contributed by atoms with van der Waals surface area (Å²) >= 11 is 0. The molecule has 1 aliphatic heterocycles. The van der Waals surface area contributed by atoms with E-state index in [0.717, 1.165) is 57.8 Å². The predicted molar refractivity (Wildman–Crippen MR) is 250 cm³/mol. The molecule has 1 saturated heterocycles. The highest BCUT2D eigenvalue weighted by Crippen LogP contribution is 2.26. The molecule has 1 rings (SSSR count). The van der Waals surface area contributed by atoms with Crippen LogP contribution in [0, 0.1) is 0 Å². The first-order valence-corrected chi connectivity index (χ1v) is 26.2. The zero-order chi connectivity index (χ0) is 45.5. The maximum atomic E-state index is 13.1. The standard InChI is InChI=1S/C49H91NO11S/c1-3-5-7-9-11-13-15-17-19-21-23-24-26-28-30-32-34-36-38-43(52)42(41-59-49-47(55)48(61-62(56,57)58)46(54)44(40-51)60-49)50-45(53)39-37-35-33-31-29-27-25-22-20-18-16-14-12-10-8-6-4-2/h12,14,18,20,36,38,42-44,46-49,51-52,54-55H,3-11,13,15-17,19,21-35,37,39-41H2,1-2H3,(H,50,53)(H,56,57,58)/b14-12-,20-18-,38-36+. The van der Waals surface area contributed by atoms with Crippen LogP contribution < -0.4 is 5.32 Å². The molecule has 7 atom stereocenters. The number of allylic oxidation sites excluding steroid dienone is 5. The maximum Gasteiger partial charge on any atom is 0.397 e. The van der Waals surface area contributed by atoms with Crippen LogP contribution >= 0.6 is 0 Å². The largest absolute Gasteiger partial charge is 0.397 e. The van der Waals surface area contributed by atoms with E-state index in [1.165, 1.54) is 128 Å². The van der Waals surface area contributed by atoms with Crippen molar-refractivity contribution >= 4 is 16.3 Å². The van der Waals surface area contributed by atoms with Gasteiger partial charge in [-0.3, -0.25) is 9.35 Å². The minimum absolute atomic E-state index is 0.260. The minimum Gasteiger partial charge on any atom is -0.394 e. The van der Waals surface area contributed by atoms with Gasteiger partial charge >= 0.3 is 10.4 Å². The molecular weight excluding hydrogens is 811 g/mol. The van der Waals surface area contributed by atoms with Crippen LogP contribution in [0.25, 0.3) is 0 Å². The van der Waals surface area contributed by atoms with Crippen molar-refractivity contribution < 1.29 is 51.8 Å². The summed E-state index contributed by atoms with van der Waals surface area (Å²) in [6.07, 6.45) is 38.9. The lowest BCUT2D eigenvalue weighted by Crippen LogP contribution is -2.61. The van der Waals surface area contributed by atoms with Crippen LogP contribution in [0.2, 0.25) is 0 Å². The van der Waals surface area contributed by atoms with Crippen LogP contribution in [0.4, 0.5) is 0 Å². The average molecular weight is 902 g/mol. The molecule has 62 heavy (non-hydrogen) atoms. The fraction of sp³-hybridized carbons (Fsp3) is 0.857. The summed E-state index contributed by atoms with van der Waals surface area (Å²) in [5, 5.41) is 44.8. The summed E-state index contributed by atoms with van der Waals surface area (Å²) < 4.78 is 47.7. The van der Waals surface area contributed by atoms with E-state index in [9.17, 15) is 38.2 Å². The van der Waals surface area contributed by atoms with Gasteiger partial charge in [0.15, 0.2) is 6.29 Å². The number of rotatable bonds is 42. The summed E-state index contributed by atoms with van der Waals surface area (Å²) in [5.41, 5.74) is 0. The lowest BCUT2D eigenvalue weighted by atomic mass is 9.99. The first-order valence-electron chi connectivity index (χ1n) is 24.9. The molecule has 0 aromatic heterocycles. The molecule has 1 amide bonds. The zero-order valence-electron chi connectivity index (χ0n) is 38.9. The number of hydrogen-bond donors (Lipinski definition) is 6. The summed E-state index contributed by atoms with van der Waals surface area (Å²) in [4.78, 5) is 13.1. The van der Waals surface area contributed by atoms with Gasteiger partial charge in [-0.1, -0.05) is 192 Å². The first-order chi connectivity index (χ1) is 30.0. The molecule has 0 bridgehead atoms. The molecule has 0 aromatic carbocycles. The van der Waals surface area contributed by atoms with E-state index < -0.39 is 59.9 Å². The van der Waals surface area contributed by atoms with Crippen molar-refractivity contribution in [2.75, 3.05) is 13.2 Å². The summed E-state index contributed by atoms with van der Waals surface area (Å²) in [7, 11) is -5.09. The topological polar surface area (TPSA) is 192 Å². The van der Waals surface area contributed by atoms with Crippen LogP contribution in [0.1, 0.15) is 213 Å². The number of aliphatic hydroxyl groups excluding tert-OH is 4. The smallest absolute Gasteiger partial charge is 0.394 e. The molecule has 0 radical (unpaired) electrons. The lowest BCUT2D eigenvalue weighted by Gasteiger charge is -2.41. The van der Waals surface area contributed by atoms with E-state index in [1.54, 1.807) is 6.08 Å². The highest BCUT2D eigenvalue weighted by molar-refractivity contribution is 7.80. The molecular formula is C49H91NO11S. The molecule has 13 heteroatoms. The van der Waals surface area contributed by atoms with Gasteiger partial charge in [0.25, 0.3) is 0 Å². The van der Waals surface area contributed by atoms with Crippen LogP contribution in [-0.4, -0.2) is 95.4 Å². The van der Waals surface area contributed by atoms with Crippen molar-refractivity contribution in [2.45, 2.75) is 256 Å². The number of unbranched alkanes of at least 4 members (excludes halogenated alkanes) is 26. The number of hydrogen-bond acceptors (Lipinski definition) is 10. The van der Waals surface area contributed by atoms with Crippen LogP contribution in [0.15, 0.2) is 36.5 Å². The number of nitrogens with one attached hydrogen (secondary N) is 1. The predicted octanol–water partition coefficient (Wildman–Crippen LogP) is 10.3. The van der Waals surface area contributed by atoms with E-state index in [2.05, 4.69) is 47.7 Å². The SMILES string of the molecule is CCCCC/C=C\C/C=C\CCCCCCCCCC(=O)NC(COC1OC(CO)C(O)C(OS(=O)(=O)O)C1O)C(O)/C=C/CCCCCCCCCCCCCCCCCC. The van der Waals surface area contributed by atoms with Gasteiger partial charge in [-0.2, -0.15) is 8.42 Å². The molecule has 1 fully saturated rings.